The molecule has 2 aromatic rings. The summed E-state index contributed by atoms with van der Waals surface area (Å²) >= 11 is 0. The molecule has 0 aliphatic rings. The van der Waals surface area contributed by atoms with Crippen LogP contribution in [0.15, 0.2) is 70.9 Å². The Morgan fingerprint density at radius 2 is 1.47 bits per heavy atom. The molecule has 0 fully saturated rings. The molecule has 2 rings (SSSR count). The highest BCUT2D eigenvalue weighted by Crippen LogP contribution is 2.25. The molecule has 0 saturated heterocycles. The third kappa shape index (κ3) is 3.48. The molecule has 0 saturated carbocycles. The summed E-state index contributed by atoms with van der Waals surface area (Å²) in [6.07, 6.45) is 0. The lowest BCUT2D eigenvalue weighted by Crippen LogP contribution is -2.17. The van der Waals surface area contributed by atoms with Crippen LogP contribution < -0.4 is 0 Å². The van der Waals surface area contributed by atoms with Gasteiger partial charge in [0, 0.05) is 5.56 Å². The highest BCUT2D eigenvalue weighted by molar-refractivity contribution is 5.21. The quantitative estimate of drug-likeness (QED) is 0.821. The molecule has 0 radical (unpaired) electrons. The Morgan fingerprint density at radius 1 is 0.947 bits per heavy atom. The number of azo groups is 1. The number of nitrogens with zero attached hydrogens (tertiary/aromatic N) is 2. The maximum absolute atomic E-state index is 10.3. The van der Waals surface area contributed by atoms with E-state index in [0.29, 0.717) is 0 Å². The monoisotopic (exact) mass is 254 g/mol. The van der Waals surface area contributed by atoms with Crippen molar-refractivity contribution in [3.63, 3.8) is 0 Å². The van der Waals surface area contributed by atoms with E-state index < -0.39 is 5.72 Å². The summed E-state index contributed by atoms with van der Waals surface area (Å²) in [4.78, 5) is 0. The van der Waals surface area contributed by atoms with Gasteiger partial charge in [0.15, 0.2) is 5.72 Å². The minimum Gasteiger partial charge on any atom is -0.364 e. The van der Waals surface area contributed by atoms with Gasteiger partial charge in [0.1, 0.15) is 0 Å². The van der Waals surface area contributed by atoms with Crippen LogP contribution in [-0.4, -0.2) is 5.11 Å². The summed E-state index contributed by atoms with van der Waals surface area (Å²) in [5.74, 6) is 0. The van der Waals surface area contributed by atoms with Crippen LogP contribution in [-0.2, 0) is 5.72 Å². The van der Waals surface area contributed by atoms with E-state index in [9.17, 15) is 5.11 Å². The van der Waals surface area contributed by atoms with Gasteiger partial charge >= 0.3 is 0 Å². The Bertz CT molecular complexity index is 535. The van der Waals surface area contributed by atoms with E-state index in [1.165, 1.54) is 0 Å². The van der Waals surface area contributed by atoms with E-state index in [1.807, 2.05) is 67.6 Å². The highest BCUT2D eigenvalue weighted by atomic mass is 16.3. The van der Waals surface area contributed by atoms with Gasteiger partial charge in [0.05, 0.1) is 6.04 Å². The Labute approximate surface area is 113 Å². The van der Waals surface area contributed by atoms with Gasteiger partial charge in [-0.1, -0.05) is 60.7 Å². The van der Waals surface area contributed by atoms with Crippen molar-refractivity contribution in [3.8, 4) is 0 Å². The second-order valence-corrected chi connectivity index (χ2v) is 4.69. The summed E-state index contributed by atoms with van der Waals surface area (Å²) in [7, 11) is 0. The fourth-order valence-corrected chi connectivity index (χ4v) is 1.81. The predicted molar refractivity (Wildman–Crippen MR) is 75.7 cm³/mol. The molecule has 2 aromatic carbocycles. The van der Waals surface area contributed by atoms with Crippen LogP contribution in [0.2, 0.25) is 0 Å². The molecule has 0 heterocycles. The predicted octanol–water partition coefficient (Wildman–Crippen LogP) is 4.07. The van der Waals surface area contributed by atoms with Gasteiger partial charge in [-0.3, -0.25) is 0 Å². The number of hydrogen-bond donors (Lipinski definition) is 1. The minimum atomic E-state index is -1.29. The third-order valence-electron chi connectivity index (χ3n) is 3.03. The van der Waals surface area contributed by atoms with Gasteiger partial charge in [0.25, 0.3) is 0 Å². The molecule has 2 atom stereocenters. The van der Waals surface area contributed by atoms with Crippen LogP contribution in [0.5, 0.6) is 0 Å². The Hall–Kier alpha value is -2.00. The smallest absolute Gasteiger partial charge is 0.199 e. The second kappa shape index (κ2) is 5.76. The van der Waals surface area contributed by atoms with Crippen molar-refractivity contribution in [2.24, 2.45) is 10.2 Å². The molecule has 0 amide bonds. The van der Waals surface area contributed by atoms with Crippen molar-refractivity contribution in [1.29, 1.82) is 0 Å². The number of benzene rings is 2. The lowest BCUT2D eigenvalue weighted by molar-refractivity contribution is 0.0573. The molecular weight excluding hydrogens is 236 g/mol. The maximum atomic E-state index is 10.3. The van der Waals surface area contributed by atoms with Crippen molar-refractivity contribution in [3.05, 3.63) is 71.8 Å². The zero-order valence-corrected chi connectivity index (χ0v) is 11.2. The molecule has 98 valence electrons. The van der Waals surface area contributed by atoms with Crippen molar-refractivity contribution in [2.75, 3.05) is 0 Å². The molecule has 3 heteroatoms. The summed E-state index contributed by atoms with van der Waals surface area (Å²) in [5.41, 5.74) is 0.527. The van der Waals surface area contributed by atoms with Crippen LogP contribution in [0.25, 0.3) is 0 Å². The Morgan fingerprint density at radius 3 is 2.05 bits per heavy atom. The van der Waals surface area contributed by atoms with Gasteiger partial charge in [-0.15, -0.1) is 0 Å². The first kappa shape index (κ1) is 13.4. The SMILES string of the molecule is CC(N=NC(C)(O)c1ccccc1)c1ccccc1. The second-order valence-electron chi connectivity index (χ2n) is 4.69. The number of rotatable bonds is 4. The Balaban J connectivity index is 2.14. The van der Waals surface area contributed by atoms with Gasteiger partial charge in [-0.2, -0.15) is 10.2 Å². The molecule has 0 aromatic heterocycles. The van der Waals surface area contributed by atoms with Crippen LogP contribution in [0.1, 0.15) is 31.0 Å². The summed E-state index contributed by atoms with van der Waals surface area (Å²) in [6.45, 7) is 3.60. The summed E-state index contributed by atoms with van der Waals surface area (Å²) in [6, 6.07) is 19.2. The van der Waals surface area contributed by atoms with E-state index in [4.69, 9.17) is 0 Å². The molecule has 1 N–H and O–H groups in total. The summed E-state index contributed by atoms with van der Waals surface area (Å²) in [5, 5.41) is 18.6. The molecule has 0 spiro atoms. The first-order valence-electron chi connectivity index (χ1n) is 6.34. The van der Waals surface area contributed by atoms with Crippen molar-refractivity contribution in [1.82, 2.24) is 0 Å². The molecule has 19 heavy (non-hydrogen) atoms. The van der Waals surface area contributed by atoms with Crippen LogP contribution in [0.4, 0.5) is 0 Å². The van der Waals surface area contributed by atoms with Gasteiger partial charge in [-0.25, -0.2) is 0 Å². The average Bonchev–Trinajstić information content (AvgIpc) is 2.47. The molecule has 0 bridgehead atoms. The largest absolute Gasteiger partial charge is 0.364 e. The fourth-order valence-electron chi connectivity index (χ4n) is 1.81. The third-order valence-corrected chi connectivity index (χ3v) is 3.03. The molecule has 2 unspecified atom stereocenters. The highest BCUT2D eigenvalue weighted by Gasteiger charge is 2.22. The van der Waals surface area contributed by atoms with E-state index in [-0.39, 0.29) is 6.04 Å². The summed E-state index contributed by atoms with van der Waals surface area (Å²) < 4.78 is 0. The first-order chi connectivity index (χ1) is 9.09. The normalized spacial score (nSPS) is 16.2. The minimum absolute atomic E-state index is 0.0728. The van der Waals surface area contributed by atoms with Crippen molar-refractivity contribution >= 4 is 0 Å². The van der Waals surface area contributed by atoms with E-state index in [0.717, 1.165) is 11.1 Å². The zero-order valence-electron chi connectivity index (χ0n) is 11.2. The average molecular weight is 254 g/mol. The molecule has 0 aliphatic carbocycles. The topological polar surface area (TPSA) is 45.0 Å². The van der Waals surface area contributed by atoms with Gasteiger partial charge in [0.2, 0.25) is 0 Å². The standard InChI is InChI=1S/C16H18N2O/c1-13(14-9-5-3-6-10-14)17-18-16(2,19)15-11-7-4-8-12-15/h3-13,19H,1-2H3. The molecular formula is C16H18N2O. The number of hydrogen-bond acceptors (Lipinski definition) is 3. The fraction of sp³-hybridized carbons (Fsp3) is 0.250. The van der Waals surface area contributed by atoms with Gasteiger partial charge < -0.3 is 5.11 Å². The maximum Gasteiger partial charge on any atom is 0.199 e. The van der Waals surface area contributed by atoms with Crippen LogP contribution in [0, 0.1) is 0 Å². The van der Waals surface area contributed by atoms with Crippen molar-refractivity contribution in [2.45, 2.75) is 25.6 Å². The lowest BCUT2D eigenvalue weighted by Gasteiger charge is -2.18. The number of aliphatic hydroxyl groups is 1. The van der Waals surface area contributed by atoms with Crippen LogP contribution in [0.3, 0.4) is 0 Å². The van der Waals surface area contributed by atoms with E-state index in [2.05, 4.69) is 10.2 Å². The van der Waals surface area contributed by atoms with E-state index >= 15 is 0 Å². The van der Waals surface area contributed by atoms with Crippen molar-refractivity contribution < 1.29 is 5.11 Å². The first-order valence-corrected chi connectivity index (χ1v) is 6.34. The lowest BCUT2D eigenvalue weighted by atomic mass is 10.1. The van der Waals surface area contributed by atoms with Crippen LogP contribution >= 0.6 is 0 Å². The zero-order chi connectivity index (χ0) is 13.7. The molecule has 0 aliphatic heterocycles. The van der Waals surface area contributed by atoms with Gasteiger partial charge in [-0.05, 0) is 19.4 Å². The Kier molecular flexibility index (Phi) is 4.07. The molecule has 3 nitrogen and oxygen atoms in total. The van der Waals surface area contributed by atoms with E-state index in [1.54, 1.807) is 6.92 Å².